The second-order valence-electron chi connectivity index (χ2n) is 4.06. The minimum Gasteiger partial charge on any atom is -0.347 e. The SMILES string of the molecule is Cc1nc(N(C)C)nc(NN)c1C(C)C. The summed E-state index contributed by atoms with van der Waals surface area (Å²) in [7, 11) is 3.81. The van der Waals surface area contributed by atoms with E-state index in [0.29, 0.717) is 17.7 Å². The molecule has 0 aliphatic rings. The summed E-state index contributed by atoms with van der Waals surface area (Å²) >= 11 is 0. The molecule has 0 spiro atoms. The molecule has 0 saturated heterocycles. The molecule has 1 rings (SSSR count). The van der Waals surface area contributed by atoms with Gasteiger partial charge < -0.3 is 10.3 Å². The summed E-state index contributed by atoms with van der Waals surface area (Å²) in [5.41, 5.74) is 4.68. The van der Waals surface area contributed by atoms with Gasteiger partial charge in [0.25, 0.3) is 0 Å². The Hall–Kier alpha value is -1.36. The van der Waals surface area contributed by atoms with Crippen LogP contribution < -0.4 is 16.2 Å². The average molecular weight is 209 g/mol. The molecule has 0 saturated carbocycles. The van der Waals surface area contributed by atoms with Crippen LogP contribution in [0.15, 0.2) is 0 Å². The molecule has 1 aromatic heterocycles. The van der Waals surface area contributed by atoms with Crippen molar-refractivity contribution in [3.63, 3.8) is 0 Å². The minimum atomic E-state index is 0.354. The lowest BCUT2D eigenvalue weighted by Crippen LogP contribution is -2.19. The van der Waals surface area contributed by atoms with Gasteiger partial charge in [0.2, 0.25) is 5.95 Å². The van der Waals surface area contributed by atoms with Gasteiger partial charge in [0.05, 0.1) is 0 Å². The topological polar surface area (TPSA) is 67.1 Å². The van der Waals surface area contributed by atoms with Crippen LogP contribution in [0.2, 0.25) is 0 Å². The number of aromatic nitrogens is 2. The van der Waals surface area contributed by atoms with E-state index in [1.165, 1.54) is 0 Å². The lowest BCUT2D eigenvalue weighted by Gasteiger charge is -2.18. The fourth-order valence-corrected chi connectivity index (χ4v) is 1.57. The van der Waals surface area contributed by atoms with E-state index < -0.39 is 0 Å². The van der Waals surface area contributed by atoms with Gasteiger partial charge in [-0.25, -0.2) is 10.8 Å². The van der Waals surface area contributed by atoms with E-state index >= 15 is 0 Å². The van der Waals surface area contributed by atoms with Crippen LogP contribution in [0.1, 0.15) is 31.0 Å². The molecule has 0 aliphatic carbocycles. The van der Waals surface area contributed by atoms with E-state index in [2.05, 4.69) is 29.2 Å². The fraction of sp³-hybridized carbons (Fsp3) is 0.600. The molecule has 15 heavy (non-hydrogen) atoms. The van der Waals surface area contributed by atoms with E-state index in [0.717, 1.165) is 11.3 Å². The third kappa shape index (κ3) is 2.36. The summed E-state index contributed by atoms with van der Waals surface area (Å²) in [6.45, 7) is 6.18. The van der Waals surface area contributed by atoms with Crippen molar-refractivity contribution >= 4 is 11.8 Å². The lowest BCUT2D eigenvalue weighted by molar-refractivity contribution is 0.824. The Labute approximate surface area is 90.7 Å². The van der Waals surface area contributed by atoms with Gasteiger partial charge in [-0.05, 0) is 12.8 Å². The van der Waals surface area contributed by atoms with Gasteiger partial charge in [-0.3, -0.25) is 0 Å². The monoisotopic (exact) mass is 209 g/mol. The number of nitrogens with two attached hydrogens (primary N) is 1. The first kappa shape index (κ1) is 11.7. The summed E-state index contributed by atoms with van der Waals surface area (Å²) in [5.74, 6) is 7.20. The van der Waals surface area contributed by atoms with E-state index in [1.807, 2.05) is 25.9 Å². The van der Waals surface area contributed by atoms with Crippen molar-refractivity contribution in [2.24, 2.45) is 5.84 Å². The lowest BCUT2D eigenvalue weighted by atomic mass is 10.0. The first-order valence-electron chi connectivity index (χ1n) is 4.99. The largest absolute Gasteiger partial charge is 0.347 e. The van der Waals surface area contributed by atoms with Gasteiger partial charge >= 0.3 is 0 Å². The highest BCUT2D eigenvalue weighted by Gasteiger charge is 2.14. The zero-order valence-electron chi connectivity index (χ0n) is 10.00. The van der Waals surface area contributed by atoms with Gasteiger partial charge in [-0.15, -0.1) is 0 Å². The molecule has 0 fully saturated rings. The quantitative estimate of drug-likeness (QED) is 0.579. The normalized spacial score (nSPS) is 10.6. The molecular formula is C10H19N5. The van der Waals surface area contributed by atoms with Gasteiger partial charge in [-0.2, -0.15) is 4.98 Å². The van der Waals surface area contributed by atoms with Crippen molar-refractivity contribution in [1.29, 1.82) is 0 Å². The van der Waals surface area contributed by atoms with Crippen molar-refractivity contribution < 1.29 is 0 Å². The van der Waals surface area contributed by atoms with Gasteiger partial charge in [0, 0.05) is 25.4 Å². The third-order valence-corrected chi connectivity index (χ3v) is 2.24. The molecular weight excluding hydrogens is 190 g/mol. The minimum absolute atomic E-state index is 0.354. The standard InChI is InChI=1S/C10H19N5/c1-6(2)8-7(3)12-10(15(4)5)13-9(8)14-11/h6H,11H2,1-5H3,(H,12,13,14). The molecule has 1 aromatic rings. The summed E-state index contributed by atoms with van der Waals surface area (Å²) < 4.78 is 0. The van der Waals surface area contributed by atoms with E-state index in [-0.39, 0.29) is 0 Å². The number of aryl methyl sites for hydroxylation is 1. The second kappa shape index (κ2) is 4.44. The molecule has 0 bridgehead atoms. The average Bonchev–Trinajstić information content (AvgIpc) is 2.15. The molecule has 0 amide bonds. The van der Waals surface area contributed by atoms with Gasteiger partial charge in [-0.1, -0.05) is 13.8 Å². The highest BCUT2D eigenvalue weighted by molar-refractivity contribution is 5.51. The predicted molar refractivity (Wildman–Crippen MR) is 63.0 cm³/mol. The maximum Gasteiger partial charge on any atom is 0.227 e. The summed E-state index contributed by atoms with van der Waals surface area (Å²) in [5, 5.41) is 0. The van der Waals surface area contributed by atoms with Crippen LogP contribution in [-0.2, 0) is 0 Å². The molecule has 84 valence electrons. The van der Waals surface area contributed by atoms with E-state index in [9.17, 15) is 0 Å². The summed E-state index contributed by atoms with van der Waals surface area (Å²) in [6.07, 6.45) is 0. The molecule has 0 aliphatic heterocycles. The zero-order valence-corrected chi connectivity index (χ0v) is 10.00. The highest BCUT2D eigenvalue weighted by atomic mass is 15.3. The smallest absolute Gasteiger partial charge is 0.227 e. The Bertz CT molecular complexity index is 346. The second-order valence-corrected chi connectivity index (χ2v) is 4.06. The predicted octanol–water partition coefficient (Wildman–Crippen LogP) is 1.26. The molecule has 5 nitrogen and oxygen atoms in total. The first-order valence-corrected chi connectivity index (χ1v) is 4.99. The van der Waals surface area contributed by atoms with Crippen LogP contribution in [0, 0.1) is 6.92 Å². The molecule has 1 heterocycles. The number of rotatable bonds is 3. The summed E-state index contributed by atoms with van der Waals surface area (Å²) in [4.78, 5) is 10.6. The fourth-order valence-electron chi connectivity index (χ4n) is 1.57. The van der Waals surface area contributed by atoms with Crippen LogP contribution in [0.5, 0.6) is 0 Å². The molecule has 3 N–H and O–H groups in total. The number of nitrogens with zero attached hydrogens (tertiary/aromatic N) is 3. The highest BCUT2D eigenvalue weighted by Crippen LogP contribution is 2.26. The van der Waals surface area contributed by atoms with Crippen LogP contribution in [-0.4, -0.2) is 24.1 Å². The maximum atomic E-state index is 5.47. The van der Waals surface area contributed by atoms with Crippen LogP contribution >= 0.6 is 0 Å². The molecule has 0 unspecified atom stereocenters. The number of hydrazine groups is 1. The molecule has 0 radical (unpaired) electrons. The number of nitrogens with one attached hydrogen (secondary N) is 1. The number of anilines is 2. The zero-order chi connectivity index (χ0) is 11.6. The molecule has 0 atom stereocenters. The van der Waals surface area contributed by atoms with E-state index in [1.54, 1.807) is 0 Å². The van der Waals surface area contributed by atoms with Gasteiger partial charge in [0.1, 0.15) is 5.82 Å². The number of nitrogen functional groups attached to an aromatic ring is 1. The third-order valence-electron chi connectivity index (χ3n) is 2.24. The summed E-state index contributed by atoms with van der Waals surface area (Å²) in [6, 6.07) is 0. The van der Waals surface area contributed by atoms with Crippen molar-refractivity contribution in [3.8, 4) is 0 Å². The Morgan fingerprint density at radius 3 is 2.27 bits per heavy atom. The van der Waals surface area contributed by atoms with Crippen molar-refractivity contribution in [1.82, 2.24) is 9.97 Å². The Balaban J connectivity index is 3.31. The van der Waals surface area contributed by atoms with Crippen molar-refractivity contribution in [3.05, 3.63) is 11.3 Å². The maximum absolute atomic E-state index is 5.47. The Kier molecular flexibility index (Phi) is 3.47. The van der Waals surface area contributed by atoms with E-state index in [4.69, 9.17) is 5.84 Å². The first-order chi connectivity index (χ1) is 6.97. The Morgan fingerprint density at radius 2 is 1.87 bits per heavy atom. The van der Waals surface area contributed by atoms with Crippen molar-refractivity contribution in [2.75, 3.05) is 24.4 Å². The van der Waals surface area contributed by atoms with Crippen LogP contribution in [0.3, 0.4) is 0 Å². The van der Waals surface area contributed by atoms with Crippen molar-refractivity contribution in [2.45, 2.75) is 26.7 Å². The van der Waals surface area contributed by atoms with Gasteiger partial charge in [0.15, 0.2) is 0 Å². The molecule has 5 heteroatoms. The van der Waals surface area contributed by atoms with Crippen LogP contribution in [0.25, 0.3) is 0 Å². The number of hydrogen-bond acceptors (Lipinski definition) is 5. The number of hydrogen-bond donors (Lipinski definition) is 2. The Morgan fingerprint density at radius 1 is 1.27 bits per heavy atom. The molecule has 0 aromatic carbocycles. The van der Waals surface area contributed by atoms with Crippen LogP contribution in [0.4, 0.5) is 11.8 Å².